The maximum atomic E-state index is 11.9. The van der Waals surface area contributed by atoms with Crippen LogP contribution in [-0.2, 0) is 16.1 Å². The molecule has 0 aliphatic carbocycles. The van der Waals surface area contributed by atoms with Crippen LogP contribution in [0.25, 0.3) is 0 Å². The van der Waals surface area contributed by atoms with Crippen molar-refractivity contribution in [2.24, 2.45) is 5.92 Å². The maximum absolute atomic E-state index is 11.9. The molecule has 1 amide bonds. The van der Waals surface area contributed by atoms with Crippen molar-refractivity contribution in [3.8, 4) is 0 Å². The molecule has 1 atom stereocenters. The minimum atomic E-state index is 0.106. The molecular formula is C16H24N2O2. The van der Waals surface area contributed by atoms with Crippen LogP contribution in [-0.4, -0.2) is 25.6 Å². The summed E-state index contributed by atoms with van der Waals surface area (Å²) in [5.41, 5.74) is 1.99. The molecule has 1 aromatic carbocycles. The van der Waals surface area contributed by atoms with Crippen molar-refractivity contribution in [3.63, 3.8) is 0 Å². The van der Waals surface area contributed by atoms with Crippen molar-refractivity contribution < 1.29 is 9.53 Å². The molecule has 1 aromatic rings. The van der Waals surface area contributed by atoms with Gasteiger partial charge in [0.1, 0.15) is 0 Å². The fourth-order valence-corrected chi connectivity index (χ4v) is 2.42. The molecular weight excluding hydrogens is 252 g/mol. The van der Waals surface area contributed by atoms with Crippen molar-refractivity contribution in [2.75, 3.05) is 25.0 Å². The van der Waals surface area contributed by atoms with E-state index in [2.05, 4.69) is 10.6 Å². The SMILES string of the molecule is CCOCc1ccc(NC(=O)CCC2CCNC2)cc1. The van der Waals surface area contributed by atoms with E-state index in [9.17, 15) is 4.79 Å². The highest BCUT2D eigenvalue weighted by atomic mass is 16.5. The predicted octanol–water partition coefficient (Wildman–Crippen LogP) is 2.55. The third-order valence-corrected chi connectivity index (χ3v) is 3.65. The minimum Gasteiger partial charge on any atom is -0.377 e. The molecule has 0 saturated carbocycles. The third-order valence-electron chi connectivity index (χ3n) is 3.65. The van der Waals surface area contributed by atoms with Crippen molar-refractivity contribution in [1.29, 1.82) is 0 Å². The molecule has 0 aromatic heterocycles. The van der Waals surface area contributed by atoms with Crippen LogP contribution in [0.15, 0.2) is 24.3 Å². The lowest BCUT2D eigenvalue weighted by Gasteiger charge is -2.09. The third kappa shape index (κ3) is 4.94. The summed E-state index contributed by atoms with van der Waals surface area (Å²) >= 11 is 0. The molecule has 0 spiro atoms. The molecule has 0 bridgehead atoms. The zero-order valence-corrected chi connectivity index (χ0v) is 12.2. The van der Waals surface area contributed by atoms with Crippen molar-refractivity contribution >= 4 is 11.6 Å². The first-order chi connectivity index (χ1) is 9.78. The fraction of sp³-hybridized carbons (Fsp3) is 0.562. The smallest absolute Gasteiger partial charge is 0.224 e. The maximum Gasteiger partial charge on any atom is 0.224 e. The van der Waals surface area contributed by atoms with Crippen molar-refractivity contribution in [3.05, 3.63) is 29.8 Å². The van der Waals surface area contributed by atoms with Gasteiger partial charge in [0.25, 0.3) is 0 Å². The summed E-state index contributed by atoms with van der Waals surface area (Å²) in [6, 6.07) is 7.85. The lowest BCUT2D eigenvalue weighted by molar-refractivity contribution is -0.116. The highest BCUT2D eigenvalue weighted by Crippen LogP contribution is 2.16. The Balaban J connectivity index is 1.72. The van der Waals surface area contributed by atoms with Crippen LogP contribution in [0.4, 0.5) is 5.69 Å². The largest absolute Gasteiger partial charge is 0.377 e. The first-order valence-corrected chi connectivity index (χ1v) is 7.45. The van der Waals surface area contributed by atoms with Crippen molar-refractivity contribution in [2.45, 2.75) is 32.8 Å². The van der Waals surface area contributed by atoms with Crippen LogP contribution >= 0.6 is 0 Å². The minimum absolute atomic E-state index is 0.106. The Hall–Kier alpha value is -1.39. The summed E-state index contributed by atoms with van der Waals surface area (Å²) in [5.74, 6) is 0.767. The number of hydrogen-bond acceptors (Lipinski definition) is 3. The molecule has 110 valence electrons. The lowest BCUT2D eigenvalue weighted by Crippen LogP contribution is -2.15. The summed E-state index contributed by atoms with van der Waals surface area (Å²) < 4.78 is 5.34. The average Bonchev–Trinajstić information content (AvgIpc) is 2.98. The molecule has 4 heteroatoms. The Kier molecular flexibility index (Phi) is 6.02. The summed E-state index contributed by atoms with van der Waals surface area (Å²) in [5, 5.41) is 6.27. The van der Waals surface area contributed by atoms with Gasteiger partial charge in [-0.15, -0.1) is 0 Å². The van der Waals surface area contributed by atoms with E-state index in [4.69, 9.17) is 4.74 Å². The molecule has 1 aliphatic rings. The second-order valence-electron chi connectivity index (χ2n) is 5.28. The number of carbonyl (C=O) groups excluding carboxylic acids is 1. The van der Waals surface area contributed by atoms with Gasteiger partial charge in [0.05, 0.1) is 6.61 Å². The van der Waals surface area contributed by atoms with Crippen LogP contribution in [0.3, 0.4) is 0 Å². The summed E-state index contributed by atoms with van der Waals surface area (Å²) in [7, 11) is 0. The summed E-state index contributed by atoms with van der Waals surface area (Å²) in [6.07, 6.45) is 2.77. The van der Waals surface area contributed by atoms with E-state index in [1.54, 1.807) is 0 Å². The zero-order chi connectivity index (χ0) is 14.2. The molecule has 1 fully saturated rings. The standard InChI is InChI=1S/C16H24N2O2/c1-2-20-12-14-3-6-15(7-4-14)18-16(19)8-5-13-9-10-17-11-13/h3-4,6-7,13,17H,2,5,8-12H2,1H3,(H,18,19). The van der Waals surface area contributed by atoms with Gasteiger partial charge in [-0.3, -0.25) is 4.79 Å². The Morgan fingerprint density at radius 2 is 2.20 bits per heavy atom. The van der Waals surface area contributed by atoms with Gasteiger partial charge in [-0.25, -0.2) is 0 Å². The number of nitrogens with one attached hydrogen (secondary N) is 2. The van der Waals surface area contributed by atoms with Gasteiger partial charge in [-0.1, -0.05) is 12.1 Å². The summed E-state index contributed by atoms with van der Waals surface area (Å²) in [6.45, 7) is 5.47. The number of hydrogen-bond donors (Lipinski definition) is 2. The molecule has 0 radical (unpaired) electrons. The molecule has 2 rings (SSSR count). The molecule has 2 N–H and O–H groups in total. The number of ether oxygens (including phenoxy) is 1. The number of benzene rings is 1. The summed E-state index contributed by atoms with van der Waals surface area (Å²) in [4.78, 5) is 11.9. The number of anilines is 1. The topological polar surface area (TPSA) is 50.4 Å². The van der Waals surface area contributed by atoms with Crippen molar-refractivity contribution in [1.82, 2.24) is 5.32 Å². The molecule has 20 heavy (non-hydrogen) atoms. The highest BCUT2D eigenvalue weighted by Gasteiger charge is 2.15. The molecule has 4 nitrogen and oxygen atoms in total. The van der Waals surface area contributed by atoms with E-state index < -0.39 is 0 Å². The van der Waals surface area contributed by atoms with E-state index in [1.807, 2.05) is 31.2 Å². The van der Waals surface area contributed by atoms with Crippen LogP contribution in [0, 0.1) is 5.92 Å². The predicted molar refractivity (Wildman–Crippen MR) is 80.6 cm³/mol. The van der Waals surface area contributed by atoms with Gasteiger partial charge in [0.15, 0.2) is 0 Å². The van der Waals surface area contributed by atoms with E-state index in [0.29, 0.717) is 25.6 Å². The zero-order valence-electron chi connectivity index (χ0n) is 12.2. The quantitative estimate of drug-likeness (QED) is 0.804. The average molecular weight is 276 g/mol. The van der Waals surface area contributed by atoms with E-state index in [0.717, 1.165) is 30.8 Å². The van der Waals surface area contributed by atoms with Gasteiger partial charge in [0.2, 0.25) is 5.91 Å². The van der Waals surface area contributed by atoms with Crippen LogP contribution < -0.4 is 10.6 Å². The first-order valence-electron chi connectivity index (χ1n) is 7.45. The highest BCUT2D eigenvalue weighted by molar-refractivity contribution is 5.90. The van der Waals surface area contributed by atoms with Crippen LogP contribution in [0.2, 0.25) is 0 Å². The molecule has 1 saturated heterocycles. The second kappa shape index (κ2) is 8.02. The lowest BCUT2D eigenvalue weighted by atomic mass is 10.0. The van der Waals surface area contributed by atoms with Gasteiger partial charge >= 0.3 is 0 Å². The van der Waals surface area contributed by atoms with Gasteiger partial charge in [-0.2, -0.15) is 0 Å². The van der Waals surface area contributed by atoms with Gasteiger partial charge in [0, 0.05) is 18.7 Å². The molecule has 1 unspecified atom stereocenters. The van der Waals surface area contributed by atoms with E-state index >= 15 is 0 Å². The number of rotatable bonds is 7. The first kappa shape index (κ1) is 15.0. The monoisotopic (exact) mass is 276 g/mol. The Labute approximate surface area is 120 Å². The number of carbonyl (C=O) groups is 1. The van der Waals surface area contributed by atoms with Gasteiger partial charge < -0.3 is 15.4 Å². The van der Waals surface area contributed by atoms with Crippen LogP contribution in [0.1, 0.15) is 31.7 Å². The van der Waals surface area contributed by atoms with E-state index in [1.165, 1.54) is 6.42 Å². The Bertz CT molecular complexity index is 411. The fourth-order valence-electron chi connectivity index (χ4n) is 2.42. The molecule has 1 heterocycles. The normalized spacial score (nSPS) is 18.1. The van der Waals surface area contributed by atoms with Gasteiger partial charge in [-0.05, 0) is 56.5 Å². The van der Waals surface area contributed by atoms with E-state index in [-0.39, 0.29) is 5.91 Å². The second-order valence-corrected chi connectivity index (χ2v) is 5.28. The molecule has 1 aliphatic heterocycles. The Morgan fingerprint density at radius 1 is 1.40 bits per heavy atom. The number of amides is 1. The Morgan fingerprint density at radius 3 is 2.85 bits per heavy atom. The van der Waals surface area contributed by atoms with Crippen LogP contribution in [0.5, 0.6) is 0 Å².